The van der Waals surface area contributed by atoms with Crippen molar-refractivity contribution in [3.63, 3.8) is 0 Å². The van der Waals surface area contributed by atoms with E-state index < -0.39 is 0 Å². The van der Waals surface area contributed by atoms with Gasteiger partial charge in [0, 0.05) is 7.05 Å². The van der Waals surface area contributed by atoms with Crippen LogP contribution in [0, 0.1) is 5.92 Å². The Labute approximate surface area is 57.5 Å². The fourth-order valence-electron chi connectivity index (χ4n) is 0.666. The topological polar surface area (TPSA) is 12.4 Å². The fraction of sp³-hybridized carbons (Fsp3) is 0.625. The molecule has 1 heteroatoms. The van der Waals surface area contributed by atoms with Gasteiger partial charge in [-0.15, -0.1) is 6.58 Å². The van der Waals surface area contributed by atoms with E-state index in [1.54, 1.807) is 7.05 Å². The quantitative estimate of drug-likeness (QED) is 0.404. The van der Waals surface area contributed by atoms with Crippen LogP contribution in [0.2, 0.25) is 0 Å². The average molecular weight is 125 g/mol. The van der Waals surface area contributed by atoms with E-state index in [9.17, 15) is 0 Å². The van der Waals surface area contributed by atoms with Gasteiger partial charge in [0.2, 0.25) is 0 Å². The molecule has 0 aliphatic heterocycles. The van der Waals surface area contributed by atoms with Gasteiger partial charge in [-0.25, -0.2) is 0 Å². The zero-order valence-electron chi connectivity index (χ0n) is 6.30. The molecule has 0 aliphatic carbocycles. The summed E-state index contributed by atoms with van der Waals surface area (Å²) in [7, 11) is 1.81. The Bertz CT molecular complexity index is 94.7. The van der Waals surface area contributed by atoms with Gasteiger partial charge in [-0.3, -0.25) is 0 Å². The van der Waals surface area contributed by atoms with E-state index in [0.29, 0.717) is 5.92 Å². The van der Waals surface area contributed by atoms with Gasteiger partial charge in [0.15, 0.2) is 0 Å². The maximum atomic E-state index is 3.90. The van der Waals surface area contributed by atoms with Gasteiger partial charge in [-0.05, 0) is 25.0 Å². The Kier molecular flexibility index (Phi) is 5.18. The summed E-state index contributed by atoms with van der Waals surface area (Å²) < 4.78 is 0. The zero-order valence-corrected chi connectivity index (χ0v) is 6.30. The highest BCUT2D eigenvalue weighted by atomic mass is 14.6. The number of hydrogen-bond donors (Lipinski definition) is 0. The van der Waals surface area contributed by atoms with Crippen molar-refractivity contribution >= 4 is 6.21 Å². The lowest BCUT2D eigenvalue weighted by atomic mass is 10.1. The molecule has 0 bridgehead atoms. The third-order valence-electron chi connectivity index (χ3n) is 1.26. The van der Waals surface area contributed by atoms with Crippen molar-refractivity contribution in [2.45, 2.75) is 19.8 Å². The molecule has 9 heavy (non-hydrogen) atoms. The summed E-state index contributed by atoms with van der Waals surface area (Å²) in [5, 5.41) is 0. The second-order valence-corrected chi connectivity index (χ2v) is 2.31. The number of aliphatic imine (C=N–C) groups is 1. The lowest BCUT2D eigenvalue weighted by Crippen LogP contribution is -1.92. The van der Waals surface area contributed by atoms with Crippen LogP contribution in [0.25, 0.3) is 0 Å². The lowest BCUT2D eigenvalue weighted by molar-refractivity contribution is 0.626. The maximum absolute atomic E-state index is 3.90. The van der Waals surface area contributed by atoms with Gasteiger partial charge in [0.05, 0.1) is 0 Å². The van der Waals surface area contributed by atoms with Gasteiger partial charge in [-0.1, -0.05) is 13.0 Å². The molecule has 0 rings (SSSR count). The molecule has 0 heterocycles. The molecular formula is C8H15N. The Balaban J connectivity index is 3.25. The molecule has 1 atom stereocenters. The molecule has 0 aliphatic rings. The third-order valence-corrected chi connectivity index (χ3v) is 1.26. The summed E-state index contributed by atoms with van der Waals surface area (Å²) in [5.74, 6) is 0.700. The van der Waals surface area contributed by atoms with E-state index in [2.05, 4.69) is 18.5 Å². The normalized spacial score (nSPS) is 14.0. The summed E-state index contributed by atoms with van der Waals surface area (Å²) in [6.45, 7) is 5.86. The Hall–Kier alpha value is -0.590. The van der Waals surface area contributed by atoms with Crippen molar-refractivity contribution in [3.05, 3.63) is 12.7 Å². The summed E-state index contributed by atoms with van der Waals surface area (Å²) >= 11 is 0. The number of nitrogens with zero attached hydrogens (tertiary/aromatic N) is 1. The molecule has 0 aromatic rings. The van der Waals surface area contributed by atoms with Crippen LogP contribution in [-0.2, 0) is 0 Å². The van der Waals surface area contributed by atoms with Crippen LogP contribution < -0.4 is 0 Å². The molecule has 0 fully saturated rings. The molecule has 1 nitrogen and oxygen atoms in total. The Morgan fingerprint density at radius 2 is 2.22 bits per heavy atom. The fourth-order valence-corrected chi connectivity index (χ4v) is 0.666. The van der Waals surface area contributed by atoms with Crippen LogP contribution >= 0.6 is 0 Å². The van der Waals surface area contributed by atoms with Crippen LogP contribution in [0.15, 0.2) is 17.6 Å². The predicted molar refractivity (Wildman–Crippen MR) is 43.0 cm³/mol. The third kappa shape index (κ3) is 5.28. The Morgan fingerprint density at radius 1 is 1.56 bits per heavy atom. The van der Waals surface area contributed by atoms with Crippen molar-refractivity contribution in [1.29, 1.82) is 0 Å². The van der Waals surface area contributed by atoms with Gasteiger partial charge in [0.1, 0.15) is 0 Å². The van der Waals surface area contributed by atoms with Crippen LogP contribution in [0.5, 0.6) is 0 Å². The van der Waals surface area contributed by atoms with E-state index >= 15 is 0 Å². The standard InChI is InChI=1S/C8H15N/c1-4-5-8(2)6-7-9-3/h4,7-8H,1,5-6H2,2-3H3. The number of allylic oxidation sites excluding steroid dienone is 1. The van der Waals surface area contributed by atoms with E-state index in [1.807, 2.05) is 12.3 Å². The minimum atomic E-state index is 0.700. The average Bonchev–Trinajstić information content (AvgIpc) is 1.85. The first-order valence-electron chi connectivity index (χ1n) is 3.32. The first-order chi connectivity index (χ1) is 4.31. The molecule has 1 unspecified atom stereocenters. The van der Waals surface area contributed by atoms with E-state index in [0.717, 1.165) is 12.8 Å². The SMILES string of the molecule is C=CCC(C)CC=NC. The molecule has 0 saturated heterocycles. The molecule has 52 valence electrons. The van der Waals surface area contributed by atoms with Crippen LogP contribution in [-0.4, -0.2) is 13.3 Å². The van der Waals surface area contributed by atoms with Crippen molar-refractivity contribution in [3.8, 4) is 0 Å². The number of hydrogen-bond acceptors (Lipinski definition) is 1. The largest absolute Gasteiger partial charge is 0.301 e. The van der Waals surface area contributed by atoms with Crippen LogP contribution in [0.1, 0.15) is 19.8 Å². The van der Waals surface area contributed by atoms with Crippen LogP contribution in [0.4, 0.5) is 0 Å². The first kappa shape index (κ1) is 8.41. The summed E-state index contributed by atoms with van der Waals surface area (Å²) in [5.41, 5.74) is 0. The van der Waals surface area contributed by atoms with E-state index in [-0.39, 0.29) is 0 Å². The Morgan fingerprint density at radius 3 is 2.67 bits per heavy atom. The molecule has 0 amide bonds. The zero-order chi connectivity index (χ0) is 7.11. The second-order valence-electron chi connectivity index (χ2n) is 2.31. The van der Waals surface area contributed by atoms with Crippen molar-refractivity contribution in [2.75, 3.05) is 7.05 Å². The lowest BCUT2D eigenvalue weighted by Gasteiger charge is -2.01. The molecule has 0 N–H and O–H groups in total. The smallest absolute Gasteiger partial charge is 0.0273 e. The van der Waals surface area contributed by atoms with Crippen molar-refractivity contribution < 1.29 is 0 Å². The van der Waals surface area contributed by atoms with Crippen molar-refractivity contribution in [2.24, 2.45) is 10.9 Å². The summed E-state index contributed by atoms with van der Waals surface area (Å²) in [6.07, 6.45) is 6.07. The highest BCUT2D eigenvalue weighted by Gasteiger charge is 1.93. The predicted octanol–water partition coefficient (Wildman–Crippen LogP) is 2.29. The highest BCUT2D eigenvalue weighted by Crippen LogP contribution is 2.04. The molecule has 0 spiro atoms. The van der Waals surface area contributed by atoms with Gasteiger partial charge in [0.25, 0.3) is 0 Å². The minimum Gasteiger partial charge on any atom is -0.301 e. The van der Waals surface area contributed by atoms with E-state index in [4.69, 9.17) is 0 Å². The van der Waals surface area contributed by atoms with Gasteiger partial charge < -0.3 is 4.99 Å². The molecule has 0 saturated carbocycles. The van der Waals surface area contributed by atoms with Crippen LogP contribution in [0.3, 0.4) is 0 Å². The van der Waals surface area contributed by atoms with Gasteiger partial charge >= 0.3 is 0 Å². The van der Waals surface area contributed by atoms with E-state index in [1.165, 1.54) is 0 Å². The monoisotopic (exact) mass is 125 g/mol. The second kappa shape index (κ2) is 5.54. The first-order valence-corrected chi connectivity index (χ1v) is 3.32. The molecule has 0 aromatic heterocycles. The summed E-state index contributed by atoms with van der Waals surface area (Å²) in [6, 6.07) is 0. The minimum absolute atomic E-state index is 0.700. The summed E-state index contributed by atoms with van der Waals surface area (Å²) in [4.78, 5) is 3.90. The van der Waals surface area contributed by atoms with Crippen molar-refractivity contribution in [1.82, 2.24) is 0 Å². The number of rotatable bonds is 4. The molecular weight excluding hydrogens is 110 g/mol. The molecule has 0 aromatic carbocycles. The highest BCUT2D eigenvalue weighted by molar-refractivity contribution is 5.57. The van der Waals surface area contributed by atoms with Gasteiger partial charge in [-0.2, -0.15) is 0 Å². The molecule has 0 radical (unpaired) electrons. The maximum Gasteiger partial charge on any atom is 0.0273 e.